The van der Waals surface area contributed by atoms with Crippen molar-refractivity contribution in [2.45, 2.75) is 13.5 Å². The summed E-state index contributed by atoms with van der Waals surface area (Å²) in [6, 6.07) is 20.6. The van der Waals surface area contributed by atoms with Gasteiger partial charge < -0.3 is 4.90 Å². The molecule has 2 aromatic carbocycles. The number of hydrogen-bond acceptors (Lipinski definition) is 4. The van der Waals surface area contributed by atoms with Gasteiger partial charge in [-0.3, -0.25) is 9.69 Å². The Balaban J connectivity index is 1.40. The van der Waals surface area contributed by atoms with E-state index in [1.807, 2.05) is 48.2 Å². The van der Waals surface area contributed by atoms with Gasteiger partial charge in [0.15, 0.2) is 0 Å². The second-order valence-corrected chi connectivity index (χ2v) is 8.05. The quantitative estimate of drug-likeness (QED) is 0.687. The molecule has 3 aromatic rings. The molecular formula is C22H23N3OS. The Bertz CT molecular complexity index is 900. The fraction of sp³-hybridized carbons (Fsp3) is 0.273. The zero-order valence-corrected chi connectivity index (χ0v) is 16.3. The van der Waals surface area contributed by atoms with E-state index in [1.54, 1.807) is 11.3 Å². The minimum absolute atomic E-state index is 0.0605. The van der Waals surface area contributed by atoms with Crippen molar-refractivity contribution in [1.82, 2.24) is 14.8 Å². The van der Waals surface area contributed by atoms with E-state index in [0.717, 1.165) is 48.2 Å². The molecule has 4 rings (SSSR count). The van der Waals surface area contributed by atoms with Gasteiger partial charge in [-0.25, -0.2) is 4.98 Å². The summed E-state index contributed by atoms with van der Waals surface area (Å²) < 4.78 is 0. The van der Waals surface area contributed by atoms with Crippen LogP contribution in [0.1, 0.15) is 20.9 Å². The third-order valence-corrected chi connectivity index (χ3v) is 5.95. The minimum atomic E-state index is 0.0605. The number of carbonyl (C=O) groups is 1. The first-order valence-electron chi connectivity index (χ1n) is 9.29. The van der Waals surface area contributed by atoms with Gasteiger partial charge in [-0.1, -0.05) is 60.7 Å². The molecule has 0 bridgehead atoms. The fourth-order valence-corrected chi connectivity index (χ4v) is 4.31. The van der Waals surface area contributed by atoms with Crippen LogP contribution < -0.4 is 0 Å². The minimum Gasteiger partial charge on any atom is -0.335 e. The molecule has 1 aliphatic rings. The van der Waals surface area contributed by atoms with Crippen molar-refractivity contribution in [3.63, 3.8) is 0 Å². The maximum Gasteiger partial charge on any atom is 0.273 e. The van der Waals surface area contributed by atoms with E-state index < -0.39 is 0 Å². The second-order valence-electron chi connectivity index (χ2n) is 6.84. The van der Waals surface area contributed by atoms with Gasteiger partial charge in [0.05, 0.1) is 0 Å². The van der Waals surface area contributed by atoms with E-state index in [1.165, 1.54) is 5.56 Å². The number of benzene rings is 2. The van der Waals surface area contributed by atoms with E-state index >= 15 is 0 Å². The number of amides is 1. The molecule has 0 unspecified atom stereocenters. The van der Waals surface area contributed by atoms with Gasteiger partial charge in [-0.15, -0.1) is 11.3 Å². The predicted octanol–water partition coefficient (Wildman–Crippen LogP) is 4.08. The molecule has 4 nitrogen and oxygen atoms in total. The van der Waals surface area contributed by atoms with Crippen molar-refractivity contribution >= 4 is 17.2 Å². The van der Waals surface area contributed by atoms with Crippen molar-refractivity contribution in [3.05, 3.63) is 76.8 Å². The summed E-state index contributed by atoms with van der Waals surface area (Å²) in [5, 5.41) is 0.916. The molecule has 0 spiro atoms. The molecule has 1 aromatic heterocycles. The zero-order valence-electron chi connectivity index (χ0n) is 15.5. The Labute approximate surface area is 164 Å². The monoisotopic (exact) mass is 377 g/mol. The highest BCUT2D eigenvalue weighted by molar-refractivity contribution is 7.15. The molecule has 27 heavy (non-hydrogen) atoms. The molecule has 138 valence electrons. The Morgan fingerprint density at radius 2 is 1.59 bits per heavy atom. The lowest BCUT2D eigenvalue weighted by Crippen LogP contribution is -2.48. The van der Waals surface area contributed by atoms with Crippen LogP contribution in [-0.2, 0) is 6.54 Å². The molecule has 1 saturated heterocycles. The summed E-state index contributed by atoms with van der Waals surface area (Å²) in [5.74, 6) is 0.0605. The van der Waals surface area contributed by atoms with Crippen molar-refractivity contribution in [2.75, 3.05) is 26.2 Å². The Morgan fingerprint density at radius 3 is 2.26 bits per heavy atom. The zero-order chi connectivity index (χ0) is 18.6. The first kappa shape index (κ1) is 17.9. The predicted molar refractivity (Wildman–Crippen MR) is 110 cm³/mol. The number of aryl methyl sites for hydroxylation is 1. The number of rotatable bonds is 4. The summed E-state index contributed by atoms with van der Waals surface area (Å²) in [6.45, 7) is 6.23. The van der Waals surface area contributed by atoms with Crippen molar-refractivity contribution in [3.8, 4) is 10.6 Å². The molecule has 2 heterocycles. The highest BCUT2D eigenvalue weighted by Gasteiger charge is 2.25. The summed E-state index contributed by atoms with van der Waals surface area (Å²) in [6.07, 6.45) is 0. The molecule has 1 fully saturated rings. The van der Waals surface area contributed by atoms with Crippen molar-refractivity contribution in [2.24, 2.45) is 0 Å². The normalized spacial score (nSPS) is 15.1. The van der Waals surface area contributed by atoms with Gasteiger partial charge in [-0.05, 0) is 12.5 Å². The number of thiazole rings is 1. The van der Waals surface area contributed by atoms with Crippen LogP contribution in [0.2, 0.25) is 0 Å². The lowest BCUT2D eigenvalue weighted by molar-refractivity contribution is 0.0623. The summed E-state index contributed by atoms with van der Waals surface area (Å²) in [4.78, 5) is 23.0. The first-order valence-corrected chi connectivity index (χ1v) is 10.1. The SMILES string of the molecule is Cc1sc(-c2ccccc2)nc1C(=O)N1CCN(Cc2ccccc2)CC1. The molecule has 1 amide bonds. The largest absolute Gasteiger partial charge is 0.335 e. The lowest BCUT2D eigenvalue weighted by Gasteiger charge is -2.34. The highest BCUT2D eigenvalue weighted by atomic mass is 32.1. The topological polar surface area (TPSA) is 36.4 Å². The van der Waals surface area contributed by atoms with E-state index in [0.29, 0.717) is 5.69 Å². The summed E-state index contributed by atoms with van der Waals surface area (Å²) >= 11 is 1.59. The van der Waals surface area contributed by atoms with Crippen LogP contribution in [0.3, 0.4) is 0 Å². The van der Waals surface area contributed by atoms with Gasteiger partial charge >= 0.3 is 0 Å². The van der Waals surface area contributed by atoms with Crippen molar-refractivity contribution < 1.29 is 4.79 Å². The number of aromatic nitrogens is 1. The fourth-order valence-electron chi connectivity index (χ4n) is 3.40. The third-order valence-electron chi connectivity index (χ3n) is 4.93. The number of hydrogen-bond donors (Lipinski definition) is 0. The highest BCUT2D eigenvalue weighted by Crippen LogP contribution is 2.28. The molecule has 5 heteroatoms. The van der Waals surface area contributed by atoms with Crippen LogP contribution in [0.4, 0.5) is 0 Å². The van der Waals surface area contributed by atoms with Crippen molar-refractivity contribution in [1.29, 1.82) is 0 Å². The second kappa shape index (κ2) is 8.03. The lowest BCUT2D eigenvalue weighted by atomic mass is 10.2. The molecule has 0 radical (unpaired) electrons. The van der Waals surface area contributed by atoms with Gasteiger partial charge in [0, 0.05) is 43.2 Å². The van der Waals surface area contributed by atoms with E-state index in [9.17, 15) is 4.79 Å². The van der Waals surface area contributed by atoms with Crippen LogP contribution in [0.5, 0.6) is 0 Å². The molecule has 0 N–H and O–H groups in total. The molecule has 0 atom stereocenters. The average molecular weight is 378 g/mol. The smallest absolute Gasteiger partial charge is 0.273 e. The van der Waals surface area contributed by atoms with Gasteiger partial charge in [-0.2, -0.15) is 0 Å². The van der Waals surface area contributed by atoms with Crippen LogP contribution in [0.25, 0.3) is 10.6 Å². The Morgan fingerprint density at radius 1 is 0.963 bits per heavy atom. The van der Waals surface area contributed by atoms with Crippen LogP contribution in [0.15, 0.2) is 60.7 Å². The summed E-state index contributed by atoms with van der Waals surface area (Å²) in [7, 11) is 0. The van der Waals surface area contributed by atoms with E-state index in [4.69, 9.17) is 0 Å². The number of carbonyl (C=O) groups excluding carboxylic acids is 1. The van der Waals surface area contributed by atoms with Crippen LogP contribution in [0, 0.1) is 6.92 Å². The first-order chi connectivity index (χ1) is 13.2. The van der Waals surface area contributed by atoms with Gasteiger partial charge in [0.25, 0.3) is 5.91 Å². The Kier molecular flexibility index (Phi) is 5.32. The molecule has 0 saturated carbocycles. The molecular weight excluding hydrogens is 354 g/mol. The van der Waals surface area contributed by atoms with Crippen LogP contribution >= 0.6 is 11.3 Å². The van der Waals surface area contributed by atoms with E-state index in [2.05, 4.69) is 34.1 Å². The standard InChI is InChI=1S/C22H23N3OS/c1-17-20(23-21(27-17)19-10-6-3-7-11-19)22(26)25-14-12-24(13-15-25)16-18-8-4-2-5-9-18/h2-11H,12-16H2,1H3. The number of nitrogens with zero attached hydrogens (tertiary/aromatic N) is 3. The summed E-state index contributed by atoms with van der Waals surface area (Å²) in [5.41, 5.74) is 2.99. The average Bonchev–Trinajstić information content (AvgIpc) is 3.11. The number of piperazine rings is 1. The third kappa shape index (κ3) is 4.10. The molecule has 0 aliphatic carbocycles. The maximum absolute atomic E-state index is 13.0. The van der Waals surface area contributed by atoms with Gasteiger partial charge in [0.1, 0.15) is 10.7 Å². The van der Waals surface area contributed by atoms with Crippen LogP contribution in [-0.4, -0.2) is 46.9 Å². The Hall–Kier alpha value is -2.50. The van der Waals surface area contributed by atoms with E-state index in [-0.39, 0.29) is 5.91 Å². The molecule has 1 aliphatic heterocycles. The van der Waals surface area contributed by atoms with Gasteiger partial charge in [0.2, 0.25) is 0 Å². The maximum atomic E-state index is 13.0.